The lowest BCUT2D eigenvalue weighted by Gasteiger charge is -2.14. The number of nitrogens with zero attached hydrogens (tertiary/aromatic N) is 1. The molecule has 0 unspecified atom stereocenters. The summed E-state index contributed by atoms with van der Waals surface area (Å²) in [4.78, 5) is 35.0. The minimum atomic E-state index is -4.55. The fourth-order valence-electron chi connectivity index (χ4n) is 2.52. The number of hydrogen-bond donors (Lipinski definition) is 3. The minimum Gasteiger partial charge on any atom is -0.493 e. The average molecular weight is 501 g/mol. The molecule has 0 spiro atoms. The second-order valence-electron chi connectivity index (χ2n) is 6.51. The first-order valence-corrected chi connectivity index (χ1v) is 10.0. The lowest BCUT2D eigenvalue weighted by atomic mass is 10.2. The molecule has 2 aromatic carbocycles. The van der Waals surface area contributed by atoms with Crippen molar-refractivity contribution in [1.29, 1.82) is 0 Å². The van der Waals surface area contributed by atoms with Gasteiger partial charge in [0.1, 0.15) is 0 Å². The predicted molar refractivity (Wildman–Crippen MR) is 118 cm³/mol. The van der Waals surface area contributed by atoms with Crippen molar-refractivity contribution in [2.45, 2.75) is 13.1 Å². The van der Waals surface area contributed by atoms with E-state index in [1.165, 1.54) is 31.5 Å². The van der Waals surface area contributed by atoms with E-state index in [1.54, 1.807) is 6.92 Å². The van der Waals surface area contributed by atoms with Crippen molar-refractivity contribution < 1.29 is 37.0 Å². The van der Waals surface area contributed by atoms with E-state index < -0.39 is 36.1 Å². The Morgan fingerprint density at radius 1 is 1.15 bits per heavy atom. The molecule has 34 heavy (non-hydrogen) atoms. The molecule has 0 atom stereocenters. The summed E-state index contributed by atoms with van der Waals surface area (Å²) in [7, 11) is 1.32. The number of amides is 3. The monoisotopic (exact) mass is 500 g/mol. The SMILES string of the molecule is CCNC(=O)C(=O)N/N=C\c1cc(Cl)c(OCC(=O)Nc2cccc(C(F)(F)F)c2)c(OC)c1. The number of likely N-dealkylation sites (N-methyl/N-ethyl adjacent to an activating group) is 1. The smallest absolute Gasteiger partial charge is 0.416 e. The first-order valence-electron chi connectivity index (χ1n) is 9.63. The molecule has 0 saturated heterocycles. The lowest BCUT2D eigenvalue weighted by molar-refractivity contribution is -0.139. The lowest BCUT2D eigenvalue weighted by Crippen LogP contribution is -2.37. The van der Waals surface area contributed by atoms with E-state index in [0.29, 0.717) is 5.56 Å². The van der Waals surface area contributed by atoms with Crippen LogP contribution in [0.5, 0.6) is 11.5 Å². The summed E-state index contributed by atoms with van der Waals surface area (Å²) in [6.45, 7) is 1.37. The van der Waals surface area contributed by atoms with Gasteiger partial charge < -0.3 is 20.1 Å². The second kappa shape index (κ2) is 11.9. The van der Waals surface area contributed by atoms with E-state index >= 15 is 0 Å². The van der Waals surface area contributed by atoms with Crippen LogP contribution in [-0.2, 0) is 20.6 Å². The molecule has 2 rings (SSSR count). The van der Waals surface area contributed by atoms with Gasteiger partial charge in [-0.1, -0.05) is 17.7 Å². The van der Waals surface area contributed by atoms with Crippen LogP contribution in [0.4, 0.5) is 18.9 Å². The molecule has 3 amide bonds. The van der Waals surface area contributed by atoms with E-state index in [9.17, 15) is 27.6 Å². The van der Waals surface area contributed by atoms with Gasteiger partial charge in [0.2, 0.25) is 0 Å². The maximum absolute atomic E-state index is 12.8. The Balaban J connectivity index is 2.03. The number of alkyl halides is 3. The number of halogens is 4. The van der Waals surface area contributed by atoms with Gasteiger partial charge in [-0.3, -0.25) is 14.4 Å². The summed E-state index contributed by atoms with van der Waals surface area (Å²) in [5.74, 6) is -2.40. The van der Waals surface area contributed by atoms with E-state index in [-0.39, 0.29) is 28.8 Å². The summed E-state index contributed by atoms with van der Waals surface area (Å²) in [6, 6.07) is 6.98. The molecule has 182 valence electrons. The van der Waals surface area contributed by atoms with Crippen LogP contribution in [-0.4, -0.2) is 44.2 Å². The highest BCUT2D eigenvalue weighted by Crippen LogP contribution is 2.36. The molecule has 0 fully saturated rings. The van der Waals surface area contributed by atoms with E-state index in [1.807, 2.05) is 5.43 Å². The Hall–Kier alpha value is -3.80. The zero-order valence-corrected chi connectivity index (χ0v) is 18.7. The largest absolute Gasteiger partial charge is 0.493 e. The molecular weight excluding hydrogens is 481 g/mol. The summed E-state index contributed by atoms with van der Waals surface area (Å²) in [5.41, 5.74) is 1.46. The van der Waals surface area contributed by atoms with Gasteiger partial charge in [-0.25, -0.2) is 5.43 Å². The third kappa shape index (κ3) is 7.66. The fourth-order valence-corrected chi connectivity index (χ4v) is 2.79. The maximum Gasteiger partial charge on any atom is 0.416 e. The topological polar surface area (TPSA) is 118 Å². The highest BCUT2D eigenvalue weighted by Gasteiger charge is 2.30. The first kappa shape index (κ1) is 26.5. The molecule has 0 bridgehead atoms. The Morgan fingerprint density at radius 3 is 2.53 bits per heavy atom. The summed E-state index contributed by atoms with van der Waals surface area (Å²) in [5, 5.41) is 8.30. The van der Waals surface area contributed by atoms with Crippen molar-refractivity contribution in [3.63, 3.8) is 0 Å². The summed E-state index contributed by atoms with van der Waals surface area (Å²) in [6.07, 6.45) is -3.34. The maximum atomic E-state index is 12.8. The van der Waals surface area contributed by atoms with Gasteiger partial charge in [0.25, 0.3) is 5.91 Å². The average Bonchev–Trinajstić information content (AvgIpc) is 2.77. The number of rotatable bonds is 8. The molecule has 0 radical (unpaired) electrons. The van der Waals surface area contributed by atoms with Crippen LogP contribution in [0.15, 0.2) is 41.5 Å². The molecule has 0 heterocycles. The minimum absolute atomic E-state index is 0.00636. The molecule has 0 saturated carbocycles. The number of methoxy groups -OCH3 is 1. The van der Waals surface area contributed by atoms with Crippen LogP contribution in [0.2, 0.25) is 5.02 Å². The summed E-state index contributed by atoms with van der Waals surface area (Å²) >= 11 is 6.19. The molecular formula is C21H20ClF3N4O5. The number of hydrazone groups is 1. The molecule has 0 aliphatic carbocycles. The van der Waals surface area contributed by atoms with Gasteiger partial charge in [-0.05, 0) is 42.8 Å². The number of hydrogen-bond acceptors (Lipinski definition) is 6. The molecule has 9 nitrogen and oxygen atoms in total. The van der Waals surface area contributed by atoms with Crippen LogP contribution in [0.3, 0.4) is 0 Å². The number of carbonyl (C=O) groups excluding carboxylic acids is 3. The third-order valence-electron chi connectivity index (χ3n) is 4.00. The highest BCUT2D eigenvalue weighted by molar-refractivity contribution is 6.35. The second-order valence-corrected chi connectivity index (χ2v) is 6.92. The van der Waals surface area contributed by atoms with Gasteiger partial charge in [0.15, 0.2) is 18.1 Å². The summed E-state index contributed by atoms with van der Waals surface area (Å²) < 4.78 is 49.0. The zero-order chi connectivity index (χ0) is 25.3. The molecule has 0 aromatic heterocycles. The van der Waals surface area contributed by atoms with Crippen molar-refractivity contribution in [2.75, 3.05) is 25.6 Å². The van der Waals surface area contributed by atoms with Crippen molar-refractivity contribution >= 4 is 41.2 Å². The number of nitrogens with one attached hydrogen (secondary N) is 3. The van der Waals surface area contributed by atoms with Crippen molar-refractivity contribution in [3.05, 3.63) is 52.5 Å². The van der Waals surface area contributed by atoms with Gasteiger partial charge in [0.05, 0.1) is 23.9 Å². The number of benzene rings is 2. The standard InChI is InChI=1S/C21H20ClF3N4O5/c1-3-26-19(31)20(32)29-27-10-12-7-15(22)18(16(8-12)33-2)34-11-17(30)28-14-6-4-5-13(9-14)21(23,24)25/h4-10H,3,11H2,1-2H3,(H,26,31)(H,28,30)(H,29,32)/b27-10-. The van der Waals surface area contributed by atoms with Crippen molar-refractivity contribution in [1.82, 2.24) is 10.7 Å². The van der Waals surface area contributed by atoms with Gasteiger partial charge in [-0.2, -0.15) is 18.3 Å². The highest BCUT2D eigenvalue weighted by atomic mass is 35.5. The first-order chi connectivity index (χ1) is 16.0. The van der Waals surface area contributed by atoms with Gasteiger partial charge in [0, 0.05) is 12.2 Å². The van der Waals surface area contributed by atoms with Crippen LogP contribution in [0.25, 0.3) is 0 Å². The van der Waals surface area contributed by atoms with Crippen molar-refractivity contribution in [3.8, 4) is 11.5 Å². The van der Waals surface area contributed by atoms with E-state index in [2.05, 4.69) is 15.7 Å². The zero-order valence-electron chi connectivity index (χ0n) is 18.0. The van der Waals surface area contributed by atoms with Crippen LogP contribution >= 0.6 is 11.6 Å². The van der Waals surface area contributed by atoms with Crippen LogP contribution in [0, 0.1) is 0 Å². The Bertz CT molecular complexity index is 1090. The van der Waals surface area contributed by atoms with Crippen LogP contribution < -0.4 is 25.5 Å². The molecule has 13 heteroatoms. The molecule has 3 N–H and O–H groups in total. The molecule has 0 aliphatic rings. The Morgan fingerprint density at radius 2 is 1.88 bits per heavy atom. The normalized spacial score (nSPS) is 11.1. The molecule has 0 aliphatic heterocycles. The quantitative estimate of drug-likeness (QED) is 0.292. The van der Waals surface area contributed by atoms with E-state index in [4.69, 9.17) is 21.1 Å². The number of carbonyl (C=O) groups is 3. The predicted octanol–water partition coefficient (Wildman–Crippen LogP) is 2.97. The molecule has 2 aromatic rings. The number of anilines is 1. The van der Waals surface area contributed by atoms with E-state index in [0.717, 1.165) is 18.2 Å². The fraction of sp³-hybridized carbons (Fsp3) is 0.238. The Kier molecular flexibility index (Phi) is 9.25. The van der Waals surface area contributed by atoms with Crippen molar-refractivity contribution in [2.24, 2.45) is 5.10 Å². The Labute approximate surface area is 197 Å². The van der Waals surface area contributed by atoms with Gasteiger partial charge in [-0.15, -0.1) is 0 Å². The third-order valence-corrected chi connectivity index (χ3v) is 4.28. The van der Waals surface area contributed by atoms with Gasteiger partial charge >= 0.3 is 18.0 Å². The van der Waals surface area contributed by atoms with Crippen LogP contribution in [0.1, 0.15) is 18.1 Å². The number of ether oxygens (including phenoxy) is 2.